The highest BCUT2D eigenvalue weighted by molar-refractivity contribution is 5.16. The Bertz CT molecular complexity index is 366. The average molecular weight is 266 g/mol. The topological polar surface area (TPSA) is 15.3 Å². The molecule has 0 spiro atoms. The van der Waals surface area contributed by atoms with E-state index in [4.69, 9.17) is 0 Å². The number of nitrogens with zero attached hydrogens (tertiary/aromatic N) is 1. The lowest BCUT2D eigenvalue weighted by molar-refractivity contribution is 0.242. The van der Waals surface area contributed by atoms with Crippen molar-refractivity contribution in [2.24, 2.45) is 5.92 Å². The first-order valence-electron chi connectivity index (χ1n) is 7.14. The highest BCUT2D eigenvalue weighted by Gasteiger charge is 2.09. The first kappa shape index (κ1) is 16.1. The van der Waals surface area contributed by atoms with Crippen molar-refractivity contribution in [3.8, 4) is 0 Å². The first-order valence-corrected chi connectivity index (χ1v) is 7.14. The van der Waals surface area contributed by atoms with Gasteiger partial charge in [0.2, 0.25) is 0 Å². The minimum absolute atomic E-state index is 0.159. The Morgan fingerprint density at radius 3 is 2.63 bits per heavy atom. The van der Waals surface area contributed by atoms with E-state index >= 15 is 0 Å². The molecule has 0 aromatic heterocycles. The second kappa shape index (κ2) is 8.28. The summed E-state index contributed by atoms with van der Waals surface area (Å²) in [6, 6.07) is 7.27. The van der Waals surface area contributed by atoms with Crippen molar-refractivity contribution in [2.75, 3.05) is 20.1 Å². The summed E-state index contributed by atoms with van der Waals surface area (Å²) < 4.78 is 13.1. The number of hydrogen-bond donors (Lipinski definition) is 1. The number of halogens is 1. The SMILES string of the molecule is CC(C)CCNCC(C)N(C)Cc1cccc(F)c1. The van der Waals surface area contributed by atoms with Gasteiger partial charge >= 0.3 is 0 Å². The van der Waals surface area contributed by atoms with Crippen LogP contribution in [0.4, 0.5) is 4.39 Å². The van der Waals surface area contributed by atoms with Crippen LogP contribution in [0.5, 0.6) is 0 Å². The molecule has 1 unspecified atom stereocenters. The van der Waals surface area contributed by atoms with Crippen LogP contribution < -0.4 is 5.32 Å². The Hall–Kier alpha value is -0.930. The number of benzene rings is 1. The van der Waals surface area contributed by atoms with E-state index in [1.165, 1.54) is 12.5 Å². The predicted octanol–water partition coefficient (Wildman–Crippen LogP) is 3.28. The van der Waals surface area contributed by atoms with E-state index in [0.717, 1.165) is 31.1 Å². The lowest BCUT2D eigenvalue weighted by Gasteiger charge is -2.25. The lowest BCUT2D eigenvalue weighted by atomic mass is 10.1. The zero-order chi connectivity index (χ0) is 14.3. The molecule has 1 N–H and O–H groups in total. The van der Waals surface area contributed by atoms with E-state index in [1.807, 2.05) is 6.07 Å². The zero-order valence-electron chi connectivity index (χ0n) is 12.6. The third-order valence-electron chi connectivity index (χ3n) is 3.41. The van der Waals surface area contributed by atoms with Crippen LogP contribution in [0.15, 0.2) is 24.3 Å². The summed E-state index contributed by atoms with van der Waals surface area (Å²) in [5, 5.41) is 3.48. The maximum absolute atomic E-state index is 13.1. The third-order valence-corrected chi connectivity index (χ3v) is 3.41. The Labute approximate surface area is 117 Å². The summed E-state index contributed by atoms with van der Waals surface area (Å²) in [7, 11) is 2.08. The van der Waals surface area contributed by atoms with Gasteiger partial charge in [0.15, 0.2) is 0 Å². The zero-order valence-corrected chi connectivity index (χ0v) is 12.6. The molecule has 1 rings (SSSR count). The molecular weight excluding hydrogens is 239 g/mol. The maximum atomic E-state index is 13.1. The van der Waals surface area contributed by atoms with Gasteiger partial charge in [0.05, 0.1) is 0 Å². The summed E-state index contributed by atoms with van der Waals surface area (Å²) in [6.07, 6.45) is 1.21. The fraction of sp³-hybridized carbons (Fsp3) is 0.625. The van der Waals surface area contributed by atoms with Crippen molar-refractivity contribution >= 4 is 0 Å². The van der Waals surface area contributed by atoms with E-state index in [2.05, 4.69) is 38.0 Å². The van der Waals surface area contributed by atoms with Gasteiger partial charge in [-0.3, -0.25) is 4.90 Å². The minimum atomic E-state index is -0.159. The standard InChI is InChI=1S/C16H27FN2/c1-13(2)8-9-18-11-14(3)19(4)12-15-6-5-7-16(17)10-15/h5-7,10,13-14,18H,8-9,11-12H2,1-4H3. The number of nitrogens with one attached hydrogen (secondary N) is 1. The van der Waals surface area contributed by atoms with Crippen LogP contribution in [0.1, 0.15) is 32.8 Å². The lowest BCUT2D eigenvalue weighted by Crippen LogP contribution is -2.38. The molecule has 0 fully saturated rings. The molecular formula is C16H27FN2. The van der Waals surface area contributed by atoms with Gasteiger partial charge in [-0.15, -0.1) is 0 Å². The summed E-state index contributed by atoms with van der Waals surface area (Å²) in [5.74, 6) is 0.585. The van der Waals surface area contributed by atoms with Crippen LogP contribution in [-0.4, -0.2) is 31.1 Å². The third kappa shape index (κ3) is 6.69. The molecule has 1 aromatic carbocycles. The fourth-order valence-corrected chi connectivity index (χ4v) is 1.94. The van der Waals surface area contributed by atoms with E-state index in [9.17, 15) is 4.39 Å². The summed E-state index contributed by atoms with van der Waals surface area (Å²) in [4.78, 5) is 2.25. The largest absolute Gasteiger partial charge is 0.315 e. The van der Waals surface area contributed by atoms with Crippen molar-refractivity contribution in [2.45, 2.75) is 39.8 Å². The molecule has 2 nitrogen and oxygen atoms in total. The molecule has 1 atom stereocenters. The number of hydrogen-bond acceptors (Lipinski definition) is 2. The van der Waals surface area contributed by atoms with Crippen LogP contribution in [0, 0.1) is 11.7 Å². The second-order valence-corrected chi connectivity index (χ2v) is 5.78. The molecule has 0 bridgehead atoms. The minimum Gasteiger partial charge on any atom is -0.315 e. The van der Waals surface area contributed by atoms with Crippen molar-refractivity contribution in [1.82, 2.24) is 10.2 Å². The fourth-order valence-electron chi connectivity index (χ4n) is 1.94. The highest BCUT2D eigenvalue weighted by atomic mass is 19.1. The van der Waals surface area contributed by atoms with Gasteiger partial charge in [0.25, 0.3) is 0 Å². The molecule has 0 radical (unpaired) electrons. The summed E-state index contributed by atoms with van der Waals surface area (Å²) >= 11 is 0. The molecule has 0 aliphatic heterocycles. The highest BCUT2D eigenvalue weighted by Crippen LogP contribution is 2.08. The molecule has 108 valence electrons. The maximum Gasteiger partial charge on any atom is 0.123 e. The van der Waals surface area contributed by atoms with Crippen LogP contribution in [0.2, 0.25) is 0 Å². The molecule has 1 aromatic rings. The molecule has 19 heavy (non-hydrogen) atoms. The monoisotopic (exact) mass is 266 g/mol. The van der Waals surface area contributed by atoms with Gasteiger partial charge in [-0.25, -0.2) is 4.39 Å². The average Bonchev–Trinajstić information content (AvgIpc) is 2.34. The Balaban J connectivity index is 2.30. The first-order chi connectivity index (χ1) is 8.99. The molecule has 0 amide bonds. The second-order valence-electron chi connectivity index (χ2n) is 5.78. The van der Waals surface area contributed by atoms with Crippen LogP contribution in [-0.2, 0) is 6.54 Å². The quantitative estimate of drug-likeness (QED) is 0.726. The van der Waals surface area contributed by atoms with Gasteiger partial charge in [-0.1, -0.05) is 26.0 Å². The van der Waals surface area contributed by atoms with Gasteiger partial charge in [-0.2, -0.15) is 0 Å². The van der Waals surface area contributed by atoms with Crippen molar-refractivity contribution in [1.29, 1.82) is 0 Å². The molecule has 3 heteroatoms. The normalized spacial score (nSPS) is 13.2. The molecule has 0 saturated carbocycles. The van der Waals surface area contributed by atoms with Crippen LogP contribution >= 0.6 is 0 Å². The van der Waals surface area contributed by atoms with Crippen LogP contribution in [0.25, 0.3) is 0 Å². The number of likely N-dealkylation sites (N-methyl/N-ethyl adjacent to an activating group) is 1. The van der Waals surface area contributed by atoms with E-state index in [1.54, 1.807) is 12.1 Å². The van der Waals surface area contributed by atoms with E-state index in [-0.39, 0.29) is 5.82 Å². The van der Waals surface area contributed by atoms with Gasteiger partial charge in [0.1, 0.15) is 5.82 Å². The Morgan fingerprint density at radius 2 is 2.00 bits per heavy atom. The number of rotatable bonds is 8. The Kier molecular flexibility index (Phi) is 7.03. The van der Waals surface area contributed by atoms with Crippen LogP contribution in [0.3, 0.4) is 0 Å². The molecule has 0 aliphatic carbocycles. The van der Waals surface area contributed by atoms with Gasteiger partial charge in [-0.05, 0) is 50.6 Å². The smallest absolute Gasteiger partial charge is 0.123 e. The molecule has 0 heterocycles. The van der Waals surface area contributed by atoms with Crippen molar-refractivity contribution < 1.29 is 4.39 Å². The summed E-state index contributed by atoms with van der Waals surface area (Å²) in [6.45, 7) is 9.49. The summed E-state index contributed by atoms with van der Waals surface area (Å²) in [5.41, 5.74) is 1.02. The predicted molar refractivity (Wildman–Crippen MR) is 79.7 cm³/mol. The van der Waals surface area contributed by atoms with E-state index in [0.29, 0.717) is 6.04 Å². The van der Waals surface area contributed by atoms with Gasteiger partial charge in [0, 0.05) is 19.1 Å². The van der Waals surface area contributed by atoms with Gasteiger partial charge < -0.3 is 5.32 Å². The molecule has 0 aliphatic rings. The van der Waals surface area contributed by atoms with Crippen molar-refractivity contribution in [3.05, 3.63) is 35.6 Å². The van der Waals surface area contributed by atoms with E-state index < -0.39 is 0 Å². The van der Waals surface area contributed by atoms with Crippen molar-refractivity contribution in [3.63, 3.8) is 0 Å². The Morgan fingerprint density at radius 1 is 1.26 bits per heavy atom. The molecule has 0 saturated heterocycles.